The molecule has 5 heteroatoms. The third-order valence-corrected chi connectivity index (χ3v) is 5.45. The van der Waals surface area contributed by atoms with Gasteiger partial charge in [0.25, 0.3) is 0 Å². The highest BCUT2D eigenvalue weighted by Gasteiger charge is 2.41. The van der Waals surface area contributed by atoms with Gasteiger partial charge in [-0.2, -0.15) is 11.8 Å². The lowest BCUT2D eigenvalue weighted by Crippen LogP contribution is -2.48. The van der Waals surface area contributed by atoms with Crippen molar-refractivity contribution in [2.45, 2.75) is 24.0 Å². The Hall–Kier alpha value is -1.72. The van der Waals surface area contributed by atoms with Crippen LogP contribution in [0.25, 0.3) is 0 Å². The molecule has 4 nitrogen and oxygen atoms in total. The highest BCUT2D eigenvalue weighted by Crippen LogP contribution is 2.35. The number of benzene rings is 1. The van der Waals surface area contributed by atoms with E-state index in [4.69, 9.17) is 9.15 Å². The topological polar surface area (TPSA) is 51.5 Å². The molecule has 0 spiro atoms. The van der Waals surface area contributed by atoms with Gasteiger partial charge in [-0.25, -0.2) is 0 Å². The molecule has 0 radical (unpaired) electrons. The van der Waals surface area contributed by atoms with E-state index in [-0.39, 0.29) is 5.91 Å². The van der Waals surface area contributed by atoms with Gasteiger partial charge in [-0.1, -0.05) is 30.3 Å². The molecule has 1 aliphatic rings. The average Bonchev–Trinajstić information content (AvgIpc) is 3.16. The number of hydrogen-bond donors (Lipinski definition) is 1. The van der Waals surface area contributed by atoms with Crippen molar-refractivity contribution in [2.75, 3.05) is 25.5 Å². The van der Waals surface area contributed by atoms with Crippen molar-refractivity contribution in [3.05, 3.63) is 60.1 Å². The molecule has 1 saturated heterocycles. The molecule has 0 atom stereocenters. The van der Waals surface area contributed by atoms with Crippen LogP contribution in [0.5, 0.6) is 0 Å². The first-order valence-electron chi connectivity index (χ1n) is 8.33. The Kier molecular flexibility index (Phi) is 5.99. The molecule has 1 aromatic heterocycles. The summed E-state index contributed by atoms with van der Waals surface area (Å²) >= 11 is 1.76. The number of carbonyl (C=O) groups excluding carboxylic acids is 1. The first-order chi connectivity index (χ1) is 11.8. The summed E-state index contributed by atoms with van der Waals surface area (Å²) in [4.78, 5) is 12.9. The van der Waals surface area contributed by atoms with Gasteiger partial charge in [0.05, 0.1) is 17.4 Å². The second-order valence-electron chi connectivity index (χ2n) is 5.95. The van der Waals surface area contributed by atoms with Crippen molar-refractivity contribution < 1.29 is 13.9 Å². The van der Waals surface area contributed by atoms with E-state index < -0.39 is 5.41 Å². The normalized spacial score (nSPS) is 16.7. The Bertz CT molecular complexity index is 621. The van der Waals surface area contributed by atoms with Crippen LogP contribution < -0.4 is 5.32 Å². The summed E-state index contributed by atoms with van der Waals surface area (Å²) in [6.07, 6.45) is 3.16. The van der Waals surface area contributed by atoms with Crippen LogP contribution >= 0.6 is 11.8 Å². The Balaban J connectivity index is 1.54. The fraction of sp³-hybridized carbons (Fsp3) is 0.421. The molecule has 1 fully saturated rings. The maximum absolute atomic E-state index is 12.9. The van der Waals surface area contributed by atoms with Crippen LogP contribution in [0.1, 0.15) is 24.2 Å². The van der Waals surface area contributed by atoms with E-state index in [0.717, 1.165) is 35.7 Å². The van der Waals surface area contributed by atoms with Crippen molar-refractivity contribution in [1.82, 2.24) is 5.32 Å². The van der Waals surface area contributed by atoms with Crippen molar-refractivity contribution in [1.29, 1.82) is 0 Å². The minimum absolute atomic E-state index is 0.121. The van der Waals surface area contributed by atoms with Crippen molar-refractivity contribution in [3.8, 4) is 0 Å². The van der Waals surface area contributed by atoms with Crippen LogP contribution in [0.15, 0.2) is 53.1 Å². The molecule has 2 aromatic rings. The lowest BCUT2D eigenvalue weighted by Gasteiger charge is -2.36. The zero-order valence-electron chi connectivity index (χ0n) is 13.7. The molecule has 1 N–H and O–H groups in total. The number of rotatable bonds is 7. The fourth-order valence-corrected chi connectivity index (χ4v) is 3.85. The smallest absolute Gasteiger partial charge is 0.230 e. The predicted molar refractivity (Wildman–Crippen MR) is 96.1 cm³/mol. The summed E-state index contributed by atoms with van der Waals surface area (Å²) in [5.41, 5.74) is 0.639. The number of thioether (sulfide) groups is 1. The average molecular weight is 345 g/mol. The monoisotopic (exact) mass is 345 g/mol. The molecule has 1 amide bonds. The number of amides is 1. The lowest BCUT2D eigenvalue weighted by molar-refractivity contribution is -0.130. The van der Waals surface area contributed by atoms with E-state index in [0.29, 0.717) is 19.8 Å². The predicted octanol–water partition coefficient (Wildman–Crippen LogP) is 3.38. The standard InChI is InChI=1S/C19H23NO3S/c21-18(20-10-14-24-15-17-7-4-11-23-17)19(8-12-22-13-9-19)16-5-2-1-3-6-16/h1-7,11H,8-10,12-15H2,(H,20,21). The van der Waals surface area contributed by atoms with E-state index in [1.54, 1.807) is 18.0 Å². The van der Waals surface area contributed by atoms with Gasteiger partial charge in [-0.3, -0.25) is 4.79 Å². The van der Waals surface area contributed by atoms with Crippen LogP contribution in [0.3, 0.4) is 0 Å². The molecule has 128 valence electrons. The quantitative estimate of drug-likeness (QED) is 0.782. The van der Waals surface area contributed by atoms with Crippen LogP contribution in [-0.2, 0) is 20.7 Å². The first kappa shape index (κ1) is 17.1. The Morgan fingerprint density at radius 1 is 1.12 bits per heavy atom. The van der Waals surface area contributed by atoms with Gasteiger partial charge in [0.1, 0.15) is 5.76 Å². The summed E-state index contributed by atoms with van der Waals surface area (Å²) in [6, 6.07) is 14.0. The van der Waals surface area contributed by atoms with E-state index >= 15 is 0 Å². The van der Waals surface area contributed by atoms with Gasteiger partial charge in [0.15, 0.2) is 0 Å². The molecule has 24 heavy (non-hydrogen) atoms. The van der Waals surface area contributed by atoms with Gasteiger partial charge < -0.3 is 14.5 Å². The summed E-state index contributed by atoms with van der Waals surface area (Å²) in [7, 11) is 0. The third kappa shape index (κ3) is 4.02. The minimum atomic E-state index is -0.453. The number of furan rings is 1. The molecule has 1 aromatic carbocycles. The Labute approximate surface area is 147 Å². The molecular weight excluding hydrogens is 322 g/mol. The van der Waals surface area contributed by atoms with Crippen LogP contribution in [0.4, 0.5) is 0 Å². The maximum atomic E-state index is 12.9. The Morgan fingerprint density at radius 3 is 2.62 bits per heavy atom. The van der Waals surface area contributed by atoms with Crippen LogP contribution in [0, 0.1) is 0 Å². The molecule has 0 unspecified atom stereocenters. The van der Waals surface area contributed by atoms with E-state index in [2.05, 4.69) is 17.4 Å². The molecule has 0 bridgehead atoms. The van der Waals surface area contributed by atoms with Gasteiger partial charge in [-0.05, 0) is 30.5 Å². The second kappa shape index (κ2) is 8.40. The number of carbonyl (C=O) groups is 1. The SMILES string of the molecule is O=C(NCCSCc1ccco1)C1(c2ccccc2)CCOCC1. The highest BCUT2D eigenvalue weighted by molar-refractivity contribution is 7.98. The molecule has 0 saturated carbocycles. The van der Waals surface area contributed by atoms with E-state index in [9.17, 15) is 4.79 Å². The maximum Gasteiger partial charge on any atom is 0.230 e. The number of ether oxygens (including phenoxy) is 1. The largest absolute Gasteiger partial charge is 0.468 e. The molecule has 3 rings (SSSR count). The minimum Gasteiger partial charge on any atom is -0.468 e. The third-order valence-electron chi connectivity index (χ3n) is 4.46. The van der Waals surface area contributed by atoms with Crippen LogP contribution in [-0.4, -0.2) is 31.4 Å². The summed E-state index contributed by atoms with van der Waals surface area (Å²) in [6.45, 7) is 1.94. The lowest BCUT2D eigenvalue weighted by atomic mass is 9.73. The molecule has 2 heterocycles. The zero-order chi connectivity index (χ0) is 16.7. The molecule has 0 aliphatic carbocycles. The van der Waals surface area contributed by atoms with Crippen LogP contribution in [0.2, 0.25) is 0 Å². The zero-order valence-corrected chi connectivity index (χ0v) is 14.5. The molecule has 1 aliphatic heterocycles. The van der Waals surface area contributed by atoms with Crippen molar-refractivity contribution in [3.63, 3.8) is 0 Å². The van der Waals surface area contributed by atoms with Crippen molar-refractivity contribution in [2.24, 2.45) is 0 Å². The number of nitrogens with one attached hydrogen (secondary N) is 1. The van der Waals surface area contributed by atoms with E-state index in [1.165, 1.54) is 0 Å². The summed E-state index contributed by atoms with van der Waals surface area (Å²) in [5, 5.41) is 3.13. The van der Waals surface area contributed by atoms with Gasteiger partial charge in [-0.15, -0.1) is 0 Å². The highest BCUT2D eigenvalue weighted by atomic mass is 32.2. The first-order valence-corrected chi connectivity index (χ1v) is 9.48. The number of hydrogen-bond acceptors (Lipinski definition) is 4. The van der Waals surface area contributed by atoms with Gasteiger partial charge >= 0.3 is 0 Å². The molecular formula is C19H23NO3S. The summed E-state index contributed by atoms with van der Waals surface area (Å²) in [5.74, 6) is 2.79. The van der Waals surface area contributed by atoms with Crippen molar-refractivity contribution >= 4 is 17.7 Å². The fourth-order valence-electron chi connectivity index (χ4n) is 3.10. The van der Waals surface area contributed by atoms with Gasteiger partial charge in [0.2, 0.25) is 5.91 Å². The Morgan fingerprint density at radius 2 is 1.92 bits per heavy atom. The van der Waals surface area contributed by atoms with Gasteiger partial charge in [0, 0.05) is 25.5 Å². The van der Waals surface area contributed by atoms with E-state index in [1.807, 2.05) is 30.3 Å². The second-order valence-corrected chi connectivity index (χ2v) is 7.05. The summed E-state index contributed by atoms with van der Waals surface area (Å²) < 4.78 is 10.8.